The predicted molar refractivity (Wildman–Crippen MR) is 119 cm³/mol. The zero-order chi connectivity index (χ0) is 22.4. The summed E-state index contributed by atoms with van der Waals surface area (Å²) in [6.07, 6.45) is 1.67. The summed E-state index contributed by atoms with van der Waals surface area (Å²) in [7, 11) is -3.80. The van der Waals surface area contributed by atoms with Gasteiger partial charge in [-0.2, -0.15) is 0 Å². The third-order valence-electron chi connectivity index (χ3n) is 4.55. The standard InChI is InChI=1S/C20H24N6O4S/c1-14-7-8-17(25-31(29,30)13-15-5-3-2-4-6-15)19(28)26(14)12-18(27)22-9-16-10-23-20(21)24-11-16/h2-8,10,25H,9,11-13H2,1H3,(H,22,27)(H3,21,23,24). The van der Waals surface area contributed by atoms with Crippen LogP contribution in [-0.2, 0) is 27.1 Å². The molecule has 1 amide bonds. The molecule has 5 N–H and O–H groups in total. The van der Waals surface area contributed by atoms with Crippen LogP contribution in [0.25, 0.3) is 0 Å². The molecule has 1 aliphatic heterocycles. The molecule has 0 spiro atoms. The number of nitrogens with two attached hydrogens (primary N) is 1. The number of aromatic nitrogens is 1. The van der Waals surface area contributed by atoms with Gasteiger partial charge in [0.15, 0.2) is 5.96 Å². The topological polar surface area (TPSA) is 148 Å². The molecule has 0 unspecified atom stereocenters. The first-order valence-electron chi connectivity index (χ1n) is 9.49. The highest BCUT2D eigenvalue weighted by Gasteiger charge is 2.17. The Labute approximate surface area is 179 Å². The van der Waals surface area contributed by atoms with Crippen molar-refractivity contribution >= 4 is 27.6 Å². The van der Waals surface area contributed by atoms with E-state index in [1.807, 2.05) is 0 Å². The first kappa shape index (κ1) is 22.1. The number of aliphatic imine (C=N–C) groups is 1. The lowest BCUT2D eigenvalue weighted by atomic mass is 10.2. The molecule has 2 aromatic rings. The Morgan fingerprint density at radius 3 is 2.65 bits per heavy atom. The summed E-state index contributed by atoms with van der Waals surface area (Å²) < 4.78 is 28.5. The number of carbonyl (C=O) groups is 1. The molecule has 2 heterocycles. The largest absolute Gasteiger partial charge is 0.370 e. The normalized spacial score (nSPS) is 13.6. The van der Waals surface area contributed by atoms with Gasteiger partial charge in [0.05, 0.1) is 12.3 Å². The van der Waals surface area contributed by atoms with Gasteiger partial charge in [0.25, 0.3) is 5.56 Å². The van der Waals surface area contributed by atoms with Gasteiger partial charge >= 0.3 is 0 Å². The van der Waals surface area contributed by atoms with Crippen LogP contribution in [0.4, 0.5) is 5.69 Å². The van der Waals surface area contributed by atoms with Crippen molar-refractivity contribution in [3.8, 4) is 0 Å². The number of pyridine rings is 1. The average molecular weight is 445 g/mol. The second-order valence-corrected chi connectivity index (χ2v) is 8.77. The van der Waals surface area contributed by atoms with E-state index in [4.69, 9.17) is 5.73 Å². The van der Waals surface area contributed by atoms with Gasteiger partial charge < -0.3 is 20.9 Å². The fourth-order valence-electron chi connectivity index (χ4n) is 2.91. The van der Waals surface area contributed by atoms with Crippen LogP contribution >= 0.6 is 0 Å². The van der Waals surface area contributed by atoms with Crippen molar-refractivity contribution in [1.82, 2.24) is 15.2 Å². The Hall–Kier alpha value is -3.60. The van der Waals surface area contributed by atoms with E-state index in [0.29, 0.717) is 23.8 Å². The van der Waals surface area contributed by atoms with Gasteiger partial charge in [0.1, 0.15) is 12.2 Å². The Kier molecular flexibility index (Phi) is 6.75. The van der Waals surface area contributed by atoms with Gasteiger partial charge in [-0.1, -0.05) is 30.3 Å². The molecule has 0 saturated heterocycles. The number of aryl methyl sites for hydroxylation is 1. The smallest absolute Gasteiger partial charge is 0.275 e. The number of anilines is 1. The highest BCUT2D eigenvalue weighted by molar-refractivity contribution is 7.91. The Morgan fingerprint density at radius 1 is 1.23 bits per heavy atom. The molecule has 0 bridgehead atoms. The van der Waals surface area contributed by atoms with Gasteiger partial charge in [0.2, 0.25) is 15.9 Å². The van der Waals surface area contributed by atoms with Crippen LogP contribution < -0.4 is 26.6 Å². The van der Waals surface area contributed by atoms with Crippen molar-refractivity contribution in [2.75, 3.05) is 17.8 Å². The summed E-state index contributed by atoms with van der Waals surface area (Å²) in [5, 5.41) is 5.48. The minimum atomic E-state index is -3.80. The second-order valence-electron chi connectivity index (χ2n) is 7.05. The van der Waals surface area contributed by atoms with Gasteiger partial charge in [-0.25, -0.2) is 13.4 Å². The molecule has 10 nitrogen and oxygen atoms in total. The maximum atomic E-state index is 12.8. The Bertz CT molecular complexity index is 1190. The van der Waals surface area contributed by atoms with Crippen molar-refractivity contribution < 1.29 is 13.2 Å². The number of carbonyl (C=O) groups excluding carboxylic acids is 1. The minimum Gasteiger partial charge on any atom is -0.370 e. The number of nitrogens with zero attached hydrogens (tertiary/aromatic N) is 2. The zero-order valence-corrected chi connectivity index (χ0v) is 17.8. The molecule has 164 valence electrons. The van der Waals surface area contributed by atoms with Crippen molar-refractivity contribution in [2.24, 2.45) is 10.7 Å². The number of benzene rings is 1. The van der Waals surface area contributed by atoms with Crippen molar-refractivity contribution in [3.05, 3.63) is 75.8 Å². The molecule has 0 atom stereocenters. The summed E-state index contributed by atoms with van der Waals surface area (Å²) in [5.74, 6) is -0.348. The molecule has 1 aromatic carbocycles. The van der Waals surface area contributed by atoms with Crippen molar-refractivity contribution in [3.63, 3.8) is 0 Å². The fourth-order valence-corrected chi connectivity index (χ4v) is 4.11. The first-order chi connectivity index (χ1) is 14.7. The van der Waals surface area contributed by atoms with E-state index in [9.17, 15) is 18.0 Å². The maximum absolute atomic E-state index is 12.8. The molecule has 3 rings (SSSR count). The average Bonchev–Trinajstić information content (AvgIpc) is 2.73. The van der Waals surface area contributed by atoms with E-state index in [2.05, 4.69) is 20.3 Å². The molecule has 0 saturated carbocycles. The van der Waals surface area contributed by atoms with E-state index < -0.39 is 21.5 Å². The van der Waals surface area contributed by atoms with Crippen LogP contribution in [0.15, 0.2) is 64.0 Å². The highest BCUT2D eigenvalue weighted by atomic mass is 32.2. The zero-order valence-electron chi connectivity index (χ0n) is 17.0. The third kappa shape index (κ3) is 6.19. The molecule has 0 aliphatic carbocycles. The summed E-state index contributed by atoms with van der Waals surface area (Å²) in [5.41, 5.74) is 6.76. The van der Waals surface area contributed by atoms with Crippen LogP contribution in [0.2, 0.25) is 0 Å². The molecular formula is C20H24N6O4S. The number of hydrogen-bond acceptors (Lipinski definition) is 7. The summed E-state index contributed by atoms with van der Waals surface area (Å²) >= 11 is 0. The van der Waals surface area contributed by atoms with Crippen LogP contribution in [0.5, 0.6) is 0 Å². The number of rotatable bonds is 8. The highest BCUT2D eigenvalue weighted by Crippen LogP contribution is 2.10. The lowest BCUT2D eigenvalue weighted by Gasteiger charge is -2.15. The molecule has 1 aromatic heterocycles. The van der Waals surface area contributed by atoms with Gasteiger partial charge in [-0.05, 0) is 30.2 Å². The monoisotopic (exact) mass is 444 g/mol. The maximum Gasteiger partial charge on any atom is 0.275 e. The van der Waals surface area contributed by atoms with E-state index in [1.165, 1.54) is 10.6 Å². The number of nitrogens with one attached hydrogen (secondary N) is 3. The predicted octanol–water partition coefficient (Wildman–Crippen LogP) is 0.0166. The van der Waals surface area contributed by atoms with E-state index in [-0.39, 0.29) is 24.5 Å². The fraction of sp³-hybridized carbons (Fsp3) is 0.250. The van der Waals surface area contributed by atoms with Gasteiger partial charge in [-0.3, -0.25) is 14.3 Å². The van der Waals surface area contributed by atoms with Crippen LogP contribution in [-0.4, -0.2) is 37.9 Å². The Morgan fingerprint density at radius 2 is 1.97 bits per heavy atom. The SMILES string of the molecule is Cc1ccc(NS(=O)(=O)Cc2ccccc2)c(=O)n1CC(=O)NCC1=CNC(N)=NC1. The summed E-state index contributed by atoms with van der Waals surface area (Å²) in [6, 6.07) is 11.6. The van der Waals surface area contributed by atoms with Crippen LogP contribution in [0.1, 0.15) is 11.3 Å². The number of hydrogen-bond donors (Lipinski definition) is 4. The first-order valence-corrected chi connectivity index (χ1v) is 11.1. The molecular weight excluding hydrogens is 420 g/mol. The molecule has 1 aliphatic rings. The van der Waals surface area contributed by atoms with Crippen molar-refractivity contribution in [2.45, 2.75) is 19.2 Å². The molecule has 11 heteroatoms. The molecule has 0 fully saturated rings. The lowest BCUT2D eigenvalue weighted by molar-refractivity contribution is -0.121. The third-order valence-corrected chi connectivity index (χ3v) is 5.79. The second kappa shape index (κ2) is 9.47. The summed E-state index contributed by atoms with van der Waals surface area (Å²) in [6.45, 7) is 2.05. The lowest BCUT2D eigenvalue weighted by Crippen LogP contribution is -2.37. The number of sulfonamides is 1. The van der Waals surface area contributed by atoms with Crippen LogP contribution in [0.3, 0.4) is 0 Å². The van der Waals surface area contributed by atoms with Crippen LogP contribution in [0, 0.1) is 6.92 Å². The van der Waals surface area contributed by atoms with E-state index in [0.717, 1.165) is 5.57 Å². The Balaban J connectivity index is 1.67. The molecule has 0 radical (unpaired) electrons. The van der Waals surface area contributed by atoms with Gasteiger partial charge in [0, 0.05) is 18.4 Å². The minimum absolute atomic E-state index is 0.113. The molecule has 31 heavy (non-hydrogen) atoms. The van der Waals surface area contributed by atoms with Crippen molar-refractivity contribution in [1.29, 1.82) is 0 Å². The number of amides is 1. The number of guanidine groups is 1. The summed E-state index contributed by atoms with van der Waals surface area (Å²) in [4.78, 5) is 29.2. The van der Waals surface area contributed by atoms with E-state index >= 15 is 0 Å². The quantitative estimate of drug-likeness (QED) is 0.451. The van der Waals surface area contributed by atoms with Gasteiger partial charge in [-0.15, -0.1) is 0 Å². The van der Waals surface area contributed by atoms with E-state index in [1.54, 1.807) is 49.5 Å².